The second kappa shape index (κ2) is 3.70. The number of hydrogen-bond acceptors (Lipinski definition) is 3. The molecule has 2 aliphatic heterocycles. The topological polar surface area (TPSA) is 29.3 Å². The number of fused-ring (bicyclic) bond motifs is 3. The van der Waals surface area contributed by atoms with E-state index in [2.05, 4.69) is 22.2 Å². The van der Waals surface area contributed by atoms with Gasteiger partial charge in [0.15, 0.2) is 0 Å². The third kappa shape index (κ3) is 1.48. The first-order chi connectivity index (χ1) is 8.42. The minimum atomic E-state index is 0.655. The zero-order valence-corrected chi connectivity index (χ0v) is 10.1. The normalized spacial score (nSPS) is 31.1. The van der Waals surface area contributed by atoms with Crippen molar-refractivity contribution in [1.82, 2.24) is 10.1 Å². The van der Waals surface area contributed by atoms with Crippen LogP contribution < -0.4 is 0 Å². The monoisotopic (exact) mass is 230 g/mol. The highest BCUT2D eigenvalue weighted by Crippen LogP contribution is 2.34. The van der Waals surface area contributed by atoms with Crippen LogP contribution in [0.4, 0.5) is 0 Å². The maximum absolute atomic E-state index is 5.44. The van der Waals surface area contributed by atoms with Crippen molar-refractivity contribution in [3.63, 3.8) is 0 Å². The smallest absolute Gasteiger partial charge is 0.140 e. The number of rotatable bonds is 2. The lowest BCUT2D eigenvalue weighted by atomic mass is 10.1. The lowest BCUT2D eigenvalue weighted by Crippen LogP contribution is -2.36. The van der Waals surface area contributed by atoms with Gasteiger partial charge in [0.2, 0.25) is 0 Å². The fourth-order valence-electron chi connectivity index (χ4n) is 3.65. The van der Waals surface area contributed by atoms with E-state index in [1.54, 1.807) is 0 Å². The summed E-state index contributed by atoms with van der Waals surface area (Å²) in [6, 6.07) is 1.40. The third-order valence-corrected chi connectivity index (χ3v) is 4.57. The Morgan fingerprint density at radius 2 is 2.35 bits per heavy atom. The van der Waals surface area contributed by atoms with Gasteiger partial charge in [-0.3, -0.25) is 4.90 Å². The minimum Gasteiger partial charge on any atom is -0.361 e. The van der Waals surface area contributed by atoms with Crippen LogP contribution in [0.5, 0.6) is 0 Å². The molecule has 0 radical (unpaired) electrons. The van der Waals surface area contributed by atoms with Crippen LogP contribution >= 0.6 is 0 Å². The van der Waals surface area contributed by atoms with Gasteiger partial charge in [0.1, 0.15) is 11.5 Å². The molecule has 4 rings (SSSR count). The Balaban J connectivity index is 1.59. The Hall–Kier alpha value is -1.09. The maximum Gasteiger partial charge on any atom is 0.140 e. The highest BCUT2D eigenvalue weighted by atomic mass is 16.5. The van der Waals surface area contributed by atoms with Crippen molar-refractivity contribution in [3.05, 3.63) is 29.2 Å². The molecule has 90 valence electrons. The van der Waals surface area contributed by atoms with Gasteiger partial charge in [0.25, 0.3) is 0 Å². The molecule has 0 saturated carbocycles. The molecule has 2 atom stereocenters. The van der Waals surface area contributed by atoms with E-state index in [-0.39, 0.29) is 0 Å². The Labute approximate surface area is 101 Å². The second-order valence-corrected chi connectivity index (χ2v) is 5.52. The molecular weight excluding hydrogens is 212 g/mol. The number of aryl methyl sites for hydroxylation is 1. The van der Waals surface area contributed by atoms with Crippen molar-refractivity contribution in [3.8, 4) is 0 Å². The lowest BCUT2D eigenvalue weighted by Gasteiger charge is -2.30. The van der Waals surface area contributed by atoms with Gasteiger partial charge in [0.05, 0.1) is 0 Å². The number of nitrogens with zero attached hydrogens (tertiary/aromatic N) is 2. The van der Waals surface area contributed by atoms with Crippen LogP contribution in [-0.2, 0) is 19.4 Å². The summed E-state index contributed by atoms with van der Waals surface area (Å²) in [5, 5.41) is 4.29. The molecule has 2 unspecified atom stereocenters. The Bertz CT molecular complexity index is 463. The molecule has 3 heteroatoms. The first kappa shape index (κ1) is 9.89. The van der Waals surface area contributed by atoms with Gasteiger partial charge in [-0.25, -0.2) is 0 Å². The summed E-state index contributed by atoms with van der Waals surface area (Å²) in [5.41, 5.74) is 2.63. The van der Waals surface area contributed by atoms with Crippen molar-refractivity contribution in [2.45, 2.75) is 57.2 Å². The summed E-state index contributed by atoms with van der Waals surface area (Å²) >= 11 is 0. The van der Waals surface area contributed by atoms with Crippen LogP contribution in [0.1, 0.15) is 42.7 Å². The molecule has 1 fully saturated rings. The van der Waals surface area contributed by atoms with Crippen LogP contribution in [0.15, 0.2) is 16.7 Å². The molecule has 0 aromatic carbocycles. The Kier molecular flexibility index (Phi) is 2.15. The molecule has 0 spiro atoms. The number of hydrogen-bond donors (Lipinski definition) is 0. The van der Waals surface area contributed by atoms with E-state index < -0.39 is 0 Å². The average Bonchev–Trinajstić information content (AvgIpc) is 2.97. The minimum absolute atomic E-state index is 0.655. The van der Waals surface area contributed by atoms with Crippen molar-refractivity contribution in [2.24, 2.45) is 0 Å². The highest BCUT2D eigenvalue weighted by molar-refractivity contribution is 5.27. The molecule has 3 heterocycles. The summed E-state index contributed by atoms with van der Waals surface area (Å²) < 4.78 is 5.44. The highest BCUT2D eigenvalue weighted by Gasteiger charge is 2.35. The largest absolute Gasteiger partial charge is 0.361 e. The first-order valence-corrected chi connectivity index (χ1v) is 6.80. The maximum atomic E-state index is 5.44. The van der Waals surface area contributed by atoms with E-state index in [0.717, 1.165) is 24.8 Å². The van der Waals surface area contributed by atoms with Crippen LogP contribution in [0.2, 0.25) is 0 Å². The van der Waals surface area contributed by atoms with Crippen LogP contribution in [-0.4, -0.2) is 22.1 Å². The Morgan fingerprint density at radius 1 is 1.35 bits per heavy atom. The molecule has 2 bridgehead atoms. The van der Waals surface area contributed by atoms with E-state index in [1.807, 2.05) is 0 Å². The van der Waals surface area contributed by atoms with Gasteiger partial charge in [0, 0.05) is 30.6 Å². The van der Waals surface area contributed by atoms with Gasteiger partial charge in [-0.05, 0) is 32.1 Å². The summed E-state index contributed by atoms with van der Waals surface area (Å²) in [4.78, 5) is 2.62. The predicted molar refractivity (Wildman–Crippen MR) is 64.6 cm³/mol. The molecule has 1 aromatic heterocycles. The number of aromatic nitrogens is 1. The zero-order chi connectivity index (χ0) is 11.2. The van der Waals surface area contributed by atoms with Crippen LogP contribution in [0, 0.1) is 0 Å². The SMILES string of the molecule is C1=CC2CCC(C1)N2Cc1noc2c1CCC2. The first-order valence-electron chi connectivity index (χ1n) is 6.80. The van der Waals surface area contributed by atoms with Crippen molar-refractivity contribution >= 4 is 0 Å². The summed E-state index contributed by atoms with van der Waals surface area (Å²) in [6.07, 6.45) is 12.1. The summed E-state index contributed by atoms with van der Waals surface area (Å²) in [6.45, 7) is 0.999. The summed E-state index contributed by atoms with van der Waals surface area (Å²) in [5.74, 6) is 1.15. The Morgan fingerprint density at radius 3 is 3.29 bits per heavy atom. The molecule has 0 N–H and O–H groups in total. The lowest BCUT2D eigenvalue weighted by molar-refractivity contribution is 0.193. The van der Waals surface area contributed by atoms with E-state index in [9.17, 15) is 0 Å². The zero-order valence-electron chi connectivity index (χ0n) is 10.1. The fourth-order valence-corrected chi connectivity index (χ4v) is 3.65. The van der Waals surface area contributed by atoms with Gasteiger partial charge in [-0.1, -0.05) is 17.3 Å². The standard InChI is InChI=1S/C14H18N2O/c1-3-10-7-8-11(4-1)16(10)9-13-12-5-2-6-14(12)17-15-13/h1,3,10-11H,2,4-9H2. The molecular formula is C14H18N2O. The van der Waals surface area contributed by atoms with Crippen LogP contribution in [0.3, 0.4) is 0 Å². The second-order valence-electron chi connectivity index (χ2n) is 5.52. The molecule has 1 saturated heterocycles. The fraction of sp³-hybridized carbons (Fsp3) is 0.643. The van der Waals surface area contributed by atoms with E-state index in [4.69, 9.17) is 4.52 Å². The van der Waals surface area contributed by atoms with Crippen LogP contribution in [0.25, 0.3) is 0 Å². The molecule has 17 heavy (non-hydrogen) atoms. The molecule has 3 nitrogen and oxygen atoms in total. The third-order valence-electron chi connectivity index (χ3n) is 4.57. The average molecular weight is 230 g/mol. The van der Waals surface area contributed by atoms with Gasteiger partial charge in [-0.2, -0.15) is 0 Å². The molecule has 3 aliphatic rings. The van der Waals surface area contributed by atoms with E-state index in [1.165, 1.54) is 43.4 Å². The van der Waals surface area contributed by atoms with Crippen molar-refractivity contribution < 1.29 is 4.52 Å². The van der Waals surface area contributed by atoms with Gasteiger partial charge in [-0.15, -0.1) is 0 Å². The van der Waals surface area contributed by atoms with Crippen molar-refractivity contribution in [2.75, 3.05) is 0 Å². The predicted octanol–water partition coefficient (Wildman–Crippen LogP) is 2.46. The molecule has 1 aromatic rings. The van der Waals surface area contributed by atoms with E-state index >= 15 is 0 Å². The molecule has 0 amide bonds. The van der Waals surface area contributed by atoms with E-state index in [0.29, 0.717) is 6.04 Å². The summed E-state index contributed by atoms with van der Waals surface area (Å²) in [7, 11) is 0. The van der Waals surface area contributed by atoms with Crippen molar-refractivity contribution in [1.29, 1.82) is 0 Å². The van der Waals surface area contributed by atoms with Gasteiger partial charge < -0.3 is 4.52 Å². The van der Waals surface area contributed by atoms with Gasteiger partial charge >= 0.3 is 0 Å². The molecule has 1 aliphatic carbocycles. The quantitative estimate of drug-likeness (QED) is 0.731.